The quantitative estimate of drug-likeness (QED) is 0.120. The van der Waals surface area contributed by atoms with Gasteiger partial charge in [-0.2, -0.15) is 0 Å². The first-order chi connectivity index (χ1) is 32.7. The fraction of sp³-hybridized carbons (Fsp3) is 0.0769. The van der Waals surface area contributed by atoms with E-state index in [0.29, 0.717) is 0 Å². The van der Waals surface area contributed by atoms with E-state index in [1.165, 1.54) is 0 Å². The van der Waals surface area contributed by atoms with E-state index >= 15 is 0 Å². The van der Waals surface area contributed by atoms with E-state index in [-0.39, 0.29) is 0 Å². The maximum absolute atomic E-state index is 13.1. The van der Waals surface area contributed by atoms with Crippen LogP contribution in [-0.2, 0) is 10.8 Å². The van der Waals surface area contributed by atoms with Gasteiger partial charge in [0.05, 0.1) is 11.0 Å². The lowest BCUT2D eigenvalue weighted by molar-refractivity contribution is 0.0601. The largest absolute Gasteiger partial charge is 0.386 e. The minimum Gasteiger partial charge on any atom is -0.386 e. The van der Waals surface area contributed by atoms with Crippen LogP contribution in [0.15, 0.2) is 12.2 Å². The van der Waals surface area contributed by atoms with Gasteiger partial charge < -0.3 is 5.11 Å². The summed E-state index contributed by atoms with van der Waals surface area (Å²) < 4.78 is 0. The molecule has 1 atom stereocenters. The first-order valence-corrected chi connectivity index (χ1v) is 24.8. The molecule has 0 aliphatic heterocycles. The van der Waals surface area contributed by atoms with Crippen molar-refractivity contribution in [2.24, 2.45) is 0 Å². The Hall–Kier alpha value is -7.84. The van der Waals surface area contributed by atoms with Crippen LogP contribution >= 0.6 is 0 Å². The summed E-state index contributed by atoms with van der Waals surface area (Å²) in [5, 5.41) is 101. The second-order valence-electron chi connectivity index (χ2n) is 25.3. The van der Waals surface area contributed by atoms with Gasteiger partial charge in [0, 0.05) is 5.41 Å². The zero-order valence-corrected chi connectivity index (χ0v) is 33.8. The first-order valence-electron chi connectivity index (χ1n) is 24.8. The summed E-state index contributed by atoms with van der Waals surface area (Å²) >= 11 is 0. The smallest absolute Gasteiger partial charge is 0.0812 e. The molecule has 0 bridgehead atoms. The van der Waals surface area contributed by atoms with Crippen LogP contribution in [0.5, 0.6) is 0 Å². The second-order valence-corrected chi connectivity index (χ2v) is 25.3. The summed E-state index contributed by atoms with van der Waals surface area (Å²) in [7, 11) is 0. The molecule has 0 radical (unpaired) electrons. The SMILES string of the molecule is CC1(O)C=CC23c4c5c6c7c8c9c(c%10c%11c2c2c4c4c%12c5c5c6c6c8c8c%13c9c9c%10c%10c%11c%11c2c2c4c4c%12c%12c5c5c6c8c6c8c%13c9c9c%10c%10c%11c2c2c4c4c%12c5c6c5c8c9c%10c2c45)C73C1. The van der Waals surface area contributed by atoms with E-state index in [4.69, 9.17) is 0 Å². The van der Waals surface area contributed by atoms with Crippen molar-refractivity contribution in [3.8, 4) is 0 Å². The van der Waals surface area contributed by atoms with Gasteiger partial charge in [-0.1, -0.05) is 12.2 Å². The van der Waals surface area contributed by atoms with E-state index < -0.39 is 16.4 Å². The van der Waals surface area contributed by atoms with Crippen molar-refractivity contribution >= 4 is 291 Å². The molecular formula is C65H8O. The second kappa shape index (κ2) is 5.15. The molecule has 28 aromatic carbocycles. The van der Waals surface area contributed by atoms with Crippen molar-refractivity contribution in [2.75, 3.05) is 0 Å². The Morgan fingerprint density at radius 2 is 0.379 bits per heavy atom. The number of rotatable bonds is 0. The molecular weight excluding hydrogens is 797 g/mol. The summed E-state index contributed by atoms with van der Waals surface area (Å²) in [6.45, 7) is 2.17. The van der Waals surface area contributed by atoms with Crippen molar-refractivity contribution in [2.45, 2.75) is 29.8 Å². The topological polar surface area (TPSA) is 20.2 Å². The van der Waals surface area contributed by atoms with Crippen LogP contribution in [0.1, 0.15) is 35.6 Å². The molecule has 66 heavy (non-hydrogen) atoms. The summed E-state index contributed by atoms with van der Waals surface area (Å²) in [5.74, 6) is 0. The lowest BCUT2D eigenvalue weighted by Gasteiger charge is -2.57. The number of hydrogen-bond donors (Lipinski definition) is 1. The average molecular weight is 805 g/mol. The molecule has 1 nitrogen and oxygen atoms in total. The maximum atomic E-state index is 13.1. The van der Waals surface area contributed by atoms with Crippen molar-refractivity contribution in [3.63, 3.8) is 0 Å². The van der Waals surface area contributed by atoms with Crippen molar-refractivity contribution in [1.29, 1.82) is 0 Å². The van der Waals surface area contributed by atoms with E-state index in [1.54, 1.807) is 313 Å². The van der Waals surface area contributed by atoms with Gasteiger partial charge in [-0.3, -0.25) is 0 Å². The number of hydrogen-bond acceptors (Lipinski definition) is 1. The molecule has 0 amide bonds. The van der Waals surface area contributed by atoms with Crippen molar-refractivity contribution in [1.82, 2.24) is 0 Å². The van der Waals surface area contributed by atoms with E-state index in [1.807, 2.05) is 0 Å². The van der Waals surface area contributed by atoms with Crippen molar-refractivity contribution < 1.29 is 5.11 Å². The molecule has 0 saturated carbocycles. The Bertz CT molecular complexity index is 6910. The van der Waals surface area contributed by atoms with Gasteiger partial charge in [0.25, 0.3) is 0 Å². The zero-order valence-electron chi connectivity index (χ0n) is 33.8. The van der Waals surface area contributed by atoms with Gasteiger partial charge in [-0.05, 0) is 326 Å². The summed E-state index contributed by atoms with van der Waals surface area (Å²) in [6, 6.07) is 0. The van der Waals surface area contributed by atoms with Gasteiger partial charge in [-0.15, -0.1) is 0 Å². The first kappa shape index (κ1) is 23.9. The third kappa shape index (κ3) is 1.19. The standard InChI is InChI=1S/C65H8O/c1-63(66)2-3-64-59-51-43-33-23-15-7-5-6-9-13-11(7)19-27-21(13)31-25-17(9)18-10(6)14-12-8(5)16(15)24-30-20(12)28-22(14)32-26(18)36-35(25)45-39(31)49-41(27)47(37(43)29(19)23)53(59)55(49)61-57(45)58-46(36)40(32)50-42(28)48-38(30)44(34(24)33)52(51)60(64)54(48)56(50)62(58)65(61,64)4-63/h2-3,66H,4H2,1H3. The highest BCUT2D eigenvalue weighted by Gasteiger charge is 2.71. The van der Waals surface area contributed by atoms with Crippen LogP contribution < -0.4 is 0 Å². The molecule has 0 aromatic heterocycles. The number of benzene rings is 18. The van der Waals surface area contributed by atoms with Crippen LogP contribution in [0.2, 0.25) is 0 Å². The molecule has 5 aliphatic rings. The summed E-state index contributed by atoms with van der Waals surface area (Å²) in [5.41, 5.74) is 4.82. The zero-order chi connectivity index (χ0) is 39.1. The molecule has 28 aromatic rings. The van der Waals surface area contributed by atoms with Crippen LogP contribution in [0.25, 0.3) is 291 Å². The van der Waals surface area contributed by atoms with Gasteiger partial charge in [0.1, 0.15) is 0 Å². The monoisotopic (exact) mass is 804 g/mol. The Morgan fingerprint density at radius 3 is 0.561 bits per heavy atom. The van der Waals surface area contributed by atoms with Crippen LogP contribution in [0.3, 0.4) is 0 Å². The highest BCUT2D eigenvalue weighted by atomic mass is 16.3. The highest BCUT2D eigenvalue weighted by molar-refractivity contribution is 6.82. The Morgan fingerprint density at radius 1 is 0.227 bits per heavy atom. The van der Waals surface area contributed by atoms with E-state index in [2.05, 4.69) is 19.1 Å². The molecule has 5 aliphatic carbocycles. The van der Waals surface area contributed by atoms with Crippen molar-refractivity contribution in [3.05, 3.63) is 34.4 Å². The molecule has 0 saturated heterocycles. The summed E-state index contributed by atoms with van der Waals surface area (Å²) in [4.78, 5) is 0. The molecule has 2 spiro atoms. The molecule has 33 rings (SSSR count). The third-order valence-electron chi connectivity index (χ3n) is 24.9. The number of allylic oxidation sites excluding steroid dienone is 1. The van der Waals surface area contributed by atoms with Gasteiger partial charge >= 0.3 is 0 Å². The van der Waals surface area contributed by atoms with Crippen LogP contribution in [-0.4, -0.2) is 10.7 Å². The van der Waals surface area contributed by atoms with Gasteiger partial charge in [0.15, 0.2) is 0 Å². The van der Waals surface area contributed by atoms with E-state index in [0.717, 1.165) is 6.42 Å². The third-order valence-corrected chi connectivity index (χ3v) is 24.9. The molecule has 274 valence electrons. The normalized spacial score (nSPS) is 25.5. The van der Waals surface area contributed by atoms with Gasteiger partial charge in [0.2, 0.25) is 0 Å². The highest BCUT2D eigenvalue weighted by Crippen LogP contribution is 2.85. The number of aliphatic hydroxyl groups is 1. The predicted octanol–water partition coefficient (Wildman–Crippen LogP) is 17.0. The molecule has 1 unspecified atom stereocenters. The predicted molar refractivity (Wildman–Crippen MR) is 278 cm³/mol. The molecule has 0 heterocycles. The fourth-order valence-electron chi connectivity index (χ4n) is 25.0. The molecule has 1 heteroatoms. The minimum absolute atomic E-state index is 0.402. The maximum Gasteiger partial charge on any atom is 0.0812 e. The minimum atomic E-state index is -0.951. The van der Waals surface area contributed by atoms with E-state index in [9.17, 15) is 5.11 Å². The Kier molecular flexibility index (Phi) is 1.86. The Labute approximate surface area is 358 Å². The Balaban J connectivity index is 1.27. The lowest BCUT2D eigenvalue weighted by Crippen LogP contribution is -2.56. The molecule has 0 fully saturated rings. The lowest BCUT2D eigenvalue weighted by atomic mass is 9.44. The van der Waals surface area contributed by atoms with Crippen LogP contribution in [0, 0.1) is 0 Å². The van der Waals surface area contributed by atoms with Gasteiger partial charge in [-0.25, -0.2) is 0 Å². The molecule has 1 N–H and O–H groups in total. The summed E-state index contributed by atoms with van der Waals surface area (Å²) in [6.07, 6.45) is 5.75. The van der Waals surface area contributed by atoms with Crippen LogP contribution in [0.4, 0.5) is 0 Å². The average Bonchev–Trinajstić information content (AvgIpc) is 4.16. The fourth-order valence-corrected chi connectivity index (χ4v) is 25.0.